The first-order valence-corrected chi connectivity index (χ1v) is 17.3. The van der Waals surface area contributed by atoms with Crippen molar-refractivity contribution in [2.24, 2.45) is 0 Å². The number of amides is 2. The van der Waals surface area contributed by atoms with Crippen LogP contribution in [0.5, 0.6) is 5.75 Å². The highest BCUT2D eigenvalue weighted by Gasteiger charge is 2.45. The summed E-state index contributed by atoms with van der Waals surface area (Å²) in [5, 5.41) is 17.5. The van der Waals surface area contributed by atoms with Gasteiger partial charge in [0, 0.05) is 13.1 Å². The number of halogens is 4. The van der Waals surface area contributed by atoms with Gasteiger partial charge >= 0.3 is 6.18 Å². The number of hydrogen-bond acceptors (Lipinski definition) is 10. The van der Waals surface area contributed by atoms with E-state index in [2.05, 4.69) is 20.4 Å². The van der Waals surface area contributed by atoms with Gasteiger partial charge < -0.3 is 29.5 Å². The number of aromatic hydroxyl groups is 1. The second kappa shape index (κ2) is 13.8. The summed E-state index contributed by atoms with van der Waals surface area (Å²) in [6.45, 7) is 4.73. The molecule has 0 spiro atoms. The molecule has 52 heavy (non-hydrogen) atoms. The third kappa shape index (κ3) is 6.35. The zero-order valence-corrected chi connectivity index (χ0v) is 29.0. The van der Waals surface area contributed by atoms with Crippen LogP contribution < -0.4 is 15.8 Å². The summed E-state index contributed by atoms with van der Waals surface area (Å²) in [6.07, 6.45) is 1.12. The molecule has 0 radical (unpaired) electrons. The van der Waals surface area contributed by atoms with Gasteiger partial charge in [-0.25, -0.2) is 9.97 Å². The van der Waals surface area contributed by atoms with Gasteiger partial charge in [0.2, 0.25) is 11.7 Å². The molecule has 0 bridgehead atoms. The monoisotopic (exact) mass is 741 g/mol. The van der Waals surface area contributed by atoms with Gasteiger partial charge in [0.1, 0.15) is 18.6 Å². The van der Waals surface area contributed by atoms with Crippen molar-refractivity contribution < 1.29 is 32.6 Å². The molecule has 2 fully saturated rings. The third-order valence-electron chi connectivity index (χ3n) is 9.85. The van der Waals surface area contributed by atoms with Crippen LogP contribution >= 0.6 is 11.6 Å². The molecule has 274 valence electrons. The number of hydrogen-bond donors (Lipinski definition) is 2. The Balaban J connectivity index is 1.28. The SMILES string of the molecule is CCc1c(N2CCCC3C2CCN3C(=O)c2ncnc(C)c2O)c(=O)n2nc(C3=CCOCC3)nc2n1CC(=O)Nc1ccc(C(F)(F)F)cc1Cl. The first-order chi connectivity index (χ1) is 24.9. The summed E-state index contributed by atoms with van der Waals surface area (Å²) in [5.41, 5.74) is 0.407. The van der Waals surface area contributed by atoms with Gasteiger partial charge in [-0.1, -0.05) is 24.6 Å². The van der Waals surface area contributed by atoms with Crippen LogP contribution in [-0.4, -0.2) is 89.3 Å². The van der Waals surface area contributed by atoms with E-state index in [4.69, 9.17) is 21.3 Å². The molecular weight excluding hydrogens is 707 g/mol. The van der Waals surface area contributed by atoms with Crippen molar-refractivity contribution in [2.75, 3.05) is 36.5 Å². The van der Waals surface area contributed by atoms with Crippen LogP contribution in [0.25, 0.3) is 11.4 Å². The number of ether oxygens (including phenoxy) is 1. The molecule has 3 aromatic heterocycles. The summed E-state index contributed by atoms with van der Waals surface area (Å²) in [6, 6.07) is 2.09. The Morgan fingerprint density at radius 2 is 1.96 bits per heavy atom. The highest BCUT2D eigenvalue weighted by molar-refractivity contribution is 6.33. The number of nitrogens with zero attached hydrogens (tertiary/aromatic N) is 8. The number of aromatic nitrogens is 6. The molecule has 0 aliphatic carbocycles. The van der Waals surface area contributed by atoms with Crippen molar-refractivity contribution in [2.45, 2.75) is 70.8 Å². The standard InChI is InChI=1S/C34H35ClF3N9O5/c1-3-23-28(44-11-4-5-24-25(44)8-12-45(24)31(50)27-29(49)18(2)39-17-40-27)32(51)47-33(42-30(43-47)19-9-13-52-14-10-19)46(23)16-26(48)41-22-7-6-20(15-21(22)35)34(36,37)38/h6-7,9,15,17,24-25,49H,3-5,8,10-14,16H2,1-2H3,(H,41,48). The number of anilines is 2. The maximum atomic E-state index is 14.5. The highest BCUT2D eigenvalue weighted by Crippen LogP contribution is 2.37. The summed E-state index contributed by atoms with van der Waals surface area (Å²) >= 11 is 6.15. The molecule has 1 aromatic carbocycles. The van der Waals surface area contributed by atoms with E-state index < -0.39 is 29.1 Å². The molecule has 2 atom stereocenters. The number of aryl methyl sites for hydroxylation is 1. The Labute approximate surface area is 299 Å². The van der Waals surface area contributed by atoms with Crippen molar-refractivity contribution in [3.8, 4) is 5.75 Å². The zero-order valence-electron chi connectivity index (χ0n) is 28.3. The number of benzene rings is 1. The Morgan fingerprint density at radius 3 is 2.67 bits per heavy atom. The number of piperidine rings is 1. The van der Waals surface area contributed by atoms with Crippen LogP contribution in [0, 0.1) is 6.92 Å². The summed E-state index contributed by atoms with van der Waals surface area (Å²) in [4.78, 5) is 58.3. The summed E-state index contributed by atoms with van der Waals surface area (Å²) in [7, 11) is 0. The van der Waals surface area contributed by atoms with Crippen LogP contribution in [0.4, 0.5) is 24.5 Å². The number of carbonyl (C=O) groups excluding carboxylic acids is 2. The average Bonchev–Trinajstić information content (AvgIpc) is 3.77. The summed E-state index contributed by atoms with van der Waals surface area (Å²) < 4.78 is 48.0. The molecule has 2 saturated heterocycles. The Kier molecular flexibility index (Phi) is 9.41. The van der Waals surface area contributed by atoms with Gasteiger partial charge in [-0.15, -0.1) is 5.10 Å². The number of rotatable bonds is 7. The fourth-order valence-corrected chi connectivity index (χ4v) is 7.60. The van der Waals surface area contributed by atoms with Crippen molar-refractivity contribution in [3.05, 3.63) is 74.4 Å². The maximum absolute atomic E-state index is 14.5. The third-order valence-corrected chi connectivity index (χ3v) is 10.2. The van der Waals surface area contributed by atoms with E-state index in [0.29, 0.717) is 75.6 Å². The second-order valence-electron chi connectivity index (χ2n) is 12.9. The van der Waals surface area contributed by atoms with Crippen LogP contribution in [0.1, 0.15) is 65.9 Å². The molecular formula is C34H35ClF3N9O5. The molecule has 18 heteroatoms. The molecule has 2 unspecified atom stereocenters. The lowest BCUT2D eigenvalue weighted by atomic mass is 9.95. The maximum Gasteiger partial charge on any atom is 0.416 e. The van der Waals surface area contributed by atoms with Crippen LogP contribution in [0.2, 0.25) is 5.02 Å². The zero-order chi connectivity index (χ0) is 36.9. The minimum absolute atomic E-state index is 0.0102. The number of carbonyl (C=O) groups is 2. The average molecular weight is 742 g/mol. The van der Waals surface area contributed by atoms with Crippen molar-refractivity contribution in [1.82, 2.24) is 34.0 Å². The number of fused-ring (bicyclic) bond motifs is 2. The van der Waals surface area contributed by atoms with Crippen LogP contribution in [-0.2, 0) is 28.7 Å². The van der Waals surface area contributed by atoms with E-state index >= 15 is 0 Å². The van der Waals surface area contributed by atoms with Gasteiger partial charge in [0.05, 0.1) is 53.0 Å². The predicted molar refractivity (Wildman–Crippen MR) is 183 cm³/mol. The first kappa shape index (κ1) is 35.4. The van der Waals surface area contributed by atoms with E-state index in [1.54, 1.807) is 16.4 Å². The van der Waals surface area contributed by atoms with Gasteiger partial charge in [0.15, 0.2) is 17.3 Å². The van der Waals surface area contributed by atoms with Crippen molar-refractivity contribution >= 4 is 46.1 Å². The van der Waals surface area contributed by atoms with Crippen molar-refractivity contribution in [1.29, 1.82) is 0 Å². The van der Waals surface area contributed by atoms with Crippen LogP contribution in [0.15, 0.2) is 35.4 Å². The number of nitrogens with one attached hydrogen (secondary N) is 1. The van der Waals surface area contributed by atoms with Crippen molar-refractivity contribution in [3.63, 3.8) is 0 Å². The molecule has 14 nitrogen and oxygen atoms in total. The molecule has 2 amide bonds. The van der Waals surface area contributed by atoms with E-state index in [1.165, 1.54) is 10.8 Å². The van der Waals surface area contributed by atoms with E-state index in [0.717, 1.165) is 23.8 Å². The highest BCUT2D eigenvalue weighted by atomic mass is 35.5. The van der Waals surface area contributed by atoms with Crippen LogP contribution in [0.3, 0.4) is 0 Å². The van der Waals surface area contributed by atoms with Gasteiger partial charge in [-0.3, -0.25) is 14.4 Å². The Morgan fingerprint density at radius 1 is 1.15 bits per heavy atom. The lowest BCUT2D eigenvalue weighted by molar-refractivity contribution is -0.137. The van der Waals surface area contributed by atoms with E-state index in [-0.39, 0.29) is 52.3 Å². The molecule has 6 heterocycles. The Bertz CT molecular complexity index is 2170. The van der Waals surface area contributed by atoms with Gasteiger partial charge in [0.25, 0.3) is 11.5 Å². The molecule has 0 saturated carbocycles. The van der Waals surface area contributed by atoms with E-state index in [1.807, 2.05) is 17.9 Å². The minimum atomic E-state index is -4.61. The predicted octanol–water partition coefficient (Wildman–Crippen LogP) is 4.26. The lowest BCUT2D eigenvalue weighted by Gasteiger charge is -2.41. The quantitative estimate of drug-likeness (QED) is 0.280. The number of likely N-dealkylation sites (tertiary alicyclic amines) is 1. The Hall–Kier alpha value is -5.03. The topological polar surface area (TPSA) is 160 Å². The van der Waals surface area contributed by atoms with Gasteiger partial charge in [-0.05, 0) is 62.8 Å². The first-order valence-electron chi connectivity index (χ1n) is 16.9. The second-order valence-corrected chi connectivity index (χ2v) is 13.3. The number of alkyl halides is 3. The smallest absolute Gasteiger partial charge is 0.416 e. The normalized spacial score (nSPS) is 19.2. The molecule has 2 N–H and O–H groups in total. The lowest BCUT2D eigenvalue weighted by Crippen LogP contribution is -2.53. The van der Waals surface area contributed by atoms with E-state index in [9.17, 15) is 32.7 Å². The molecule has 4 aromatic rings. The summed E-state index contributed by atoms with van der Waals surface area (Å²) in [5.74, 6) is -0.883. The fourth-order valence-electron chi connectivity index (χ4n) is 7.37. The van der Waals surface area contributed by atoms with Gasteiger partial charge in [-0.2, -0.15) is 22.7 Å². The fraction of sp³-hybridized carbons (Fsp3) is 0.441. The molecule has 7 rings (SSSR count). The molecule has 3 aliphatic heterocycles. The largest absolute Gasteiger partial charge is 0.504 e. The molecule has 3 aliphatic rings. The minimum Gasteiger partial charge on any atom is -0.504 e.